The van der Waals surface area contributed by atoms with E-state index in [-0.39, 0.29) is 0 Å². The third-order valence-corrected chi connectivity index (χ3v) is 2.25. The maximum absolute atomic E-state index is 8.80. The quantitative estimate of drug-likeness (QED) is 0.607. The zero-order chi connectivity index (χ0) is 26.0. The van der Waals surface area contributed by atoms with E-state index in [9.17, 15) is 0 Å². The molecule has 0 unspecified atom stereocenters. The first-order valence-electron chi connectivity index (χ1n) is 13.5. The second-order valence-corrected chi connectivity index (χ2v) is 5.00. The third kappa shape index (κ3) is 1.85. The molecule has 0 atom stereocenters. The van der Waals surface area contributed by atoms with Crippen molar-refractivity contribution in [1.29, 1.82) is 0 Å². The Hall–Kier alpha value is 0. The van der Waals surface area contributed by atoms with Gasteiger partial charge in [0.15, 0.2) is 0 Å². The molecule has 0 radical (unpaired) electrons. The summed E-state index contributed by atoms with van der Waals surface area (Å²) in [6, 6.07) is 0. The monoisotopic (exact) mass is 223 g/mol. The van der Waals surface area contributed by atoms with E-state index in [0.29, 0.717) is 0 Å². The van der Waals surface area contributed by atoms with Crippen molar-refractivity contribution < 1.29 is 23.3 Å². The molecule has 4 rings (SSSR count). The minimum atomic E-state index is -3.98. The van der Waals surface area contributed by atoms with Gasteiger partial charge in [-0.2, -0.15) is 0 Å². The smallest absolute Gasteiger partial charge is 0.0303 e. The van der Waals surface area contributed by atoms with Gasteiger partial charge >= 0.3 is 0 Å². The molecular formula is C15H26. The average molecular weight is 223 g/mol. The lowest BCUT2D eigenvalue weighted by Gasteiger charge is -2.58. The molecule has 4 bridgehead atoms. The number of hydrogen-bond acceptors (Lipinski definition) is 0. The van der Waals surface area contributed by atoms with Gasteiger partial charge in [-0.1, -0.05) is 20.8 Å². The highest BCUT2D eigenvalue weighted by Crippen LogP contribution is 2.62. The van der Waals surface area contributed by atoms with Crippen molar-refractivity contribution >= 4 is 0 Å². The van der Waals surface area contributed by atoms with Crippen LogP contribution in [0.3, 0.4) is 0 Å². The van der Waals surface area contributed by atoms with Crippen LogP contribution in [-0.4, -0.2) is 0 Å². The lowest BCUT2D eigenvalue weighted by molar-refractivity contribution is -0.0722. The molecule has 4 fully saturated rings. The van der Waals surface area contributed by atoms with Crippen molar-refractivity contribution in [2.45, 2.75) is 65.4 Å². The van der Waals surface area contributed by atoms with Gasteiger partial charge in [0.1, 0.15) is 0 Å². The maximum Gasteiger partial charge on any atom is 0.0303 e. The third-order valence-electron chi connectivity index (χ3n) is 2.25. The Labute approximate surface area is 119 Å². The van der Waals surface area contributed by atoms with E-state index in [0.717, 1.165) is 0 Å². The topological polar surface area (TPSA) is 0 Å². The van der Waals surface area contributed by atoms with Crippen LogP contribution in [0.15, 0.2) is 0 Å². The summed E-state index contributed by atoms with van der Waals surface area (Å²) < 4.78 is 147. The summed E-state index contributed by atoms with van der Waals surface area (Å²) in [4.78, 5) is 0. The Morgan fingerprint density at radius 1 is 1.13 bits per heavy atom. The minimum absolute atomic E-state index is 1.18. The number of rotatable bonds is 1. The van der Waals surface area contributed by atoms with E-state index >= 15 is 0 Å². The zero-order valence-corrected chi connectivity index (χ0v) is 9.00. The minimum Gasteiger partial charge on any atom is -0.0602 e. The Kier molecular flexibility index (Phi) is 0.512. The molecule has 86 valence electrons. The van der Waals surface area contributed by atoms with Gasteiger partial charge in [0.05, 0.1) is 0 Å². The first-order valence-corrected chi connectivity index (χ1v) is 5.00. The molecule has 15 heavy (non-hydrogen) atoms. The summed E-state index contributed by atoms with van der Waals surface area (Å²) in [5.74, 6) is -11.8. The molecule has 4 aliphatic rings. The fraction of sp³-hybridized carbons (Fsp3) is 1.00. The molecule has 4 aliphatic carbocycles. The second-order valence-electron chi connectivity index (χ2n) is 5.00. The second kappa shape index (κ2) is 3.02. The highest BCUT2D eigenvalue weighted by atomic mass is 14.6. The zero-order valence-electron chi connectivity index (χ0n) is 26.0. The highest BCUT2D eigenvalue weighted by Gasteiger charge is 2.51. The van der Waals surface area contributed by atoms with Crippen LogP contribution in [-0.2, 0) is 0 Å². The van der Waals surface area contributed by atoms with Gasteiger partial charge in [-0.15, -0.1) is 0 Å². The van der Waals surface area contributed by atoms with E-state index in [1.165, 1.54) is 20.8 Å². The molecule has 0 aliphatic heterocycles. The highest BCUT2D eigenvalue weighted by molar-refractivity contribution is 5.02. The molecule has 0 heterocycles. The summed E-state index contributed by atoms with van der Waals surface area (Å²) in [5.41, 5.74) is -5.64. The Morgan fingerprint density at radius 3 is 1.87 bits per heavy atom. The van der Waals surface area contributed by atoms with E-state index in [1.54, 1.807) is 0 Å². The van der Waals surface area contributed by atoms with Crippen molar-refractivity contribution in [3.8, 4) is 0 Å². The lowest BCUT2D eigenvalue weighted by Crippen LogP contribution is -2.47. The maximum atomic E-state index is 8.80. The van der Waals surface area contributed by atoms with Crippen LogP contribution in [0.5, 0.6) is 0 Å². The van der Waals surface area contributed by atoms with Gasteiger partial charge in [0.25, 0.3) is 0 Å². The predicted molar refractivity (Wildman–Crippen MR) is 64.7 cm³/mol. The molecule has 0 aromatic rings. The Bertz CT molecular complexity index is 764. The normalized spacial score (nSPS) is 101. The van der Waals surface area contributed by atoms with E-state index < -0.39 is 73.1 Å². The Morgan fingerprint density at radius 2 is 1.53 bits per heavy atom. The van der Waals surface area contributed by atoms with Gasteiger partial charge in [-0.25, -0.2) is 0 Å². The molecule has 0 heteroatoms. The van der Waals surface area contributed by atoms with E-state index in [2.05, 4.69) is 0 Å². The van der Waals surface area contributed by atoms with Crippen LogP contribution in [0.1, 0.15) is 88.7 Å². The summed E-state index contributed by atoms with van der Waals surface area (Å²) in [5, 5.41) is 0. The largest absolute Gasteiger partial charge is 0.0602 e. The van der Waals surface area contributed by atoms with Gasteiger partial charge in [0, 0.05) is 23.3 Å². The first-order chi connectivity index (χ1) is 13.5. The van der Waals surface area contributed by atoms with Crippen molar-refractivity contribution in [3.05, 3.63) is 0 Å². The van der Waals surface area contributed by atoms with Gasteiger partial charge in [-0.05, 0) is 73.1 Å². The molecule has 0 amide bonds. The van der Waals surface area contributed by atoms with Gasteiger partial charge in [0.2, 0.25) is 0 Å². The molecule has 0 nitrogen and oxygen atoms in total. The summed E-state index contributed by atoms with van der Waals surface area (Å²) >= 11 is 0. The fourth-order valence-corrected chi connectivity index (χ4v) is 1.97. The van der Waals surface area contributed by atoms with Crippen LogP contribution in [0.4, 0.5) is 0 Å². The Balaban J connectivity index is 2.82. The molecule has 0 aromatic heterocycles. The molecule has 0 N–H and O–H groups in total. The van der Waals surface area contributed by atoms with Crippen LogP contribution in [0.2, 0.25) is 0 Å². The molecular weight excluding hydrogens is 180 g/mol. The van der Waals surface area contributed by atoms with E-state index in [4.69, 9.17) is 23.3 Å². The molecule has 0 aromatic carbocycles. The first kappa shape index (κ1) is 2.54. The summed E-state index contributed by atoms with van der Waals surface area (Å²) in [7, 11) is 0. The SMILES string of the molecule is [2H]C1([2H])C2([2H])C([2H])([2H])C3([2H])C([2H])([2H])C1([2H])C([2H])([2H])C(C([2H])([2H])C(C)(C)C)(C2([2H])[2H])C3([2H])[2H]. The average Bonchev–Trinajstić information content (AvgIpc) is 2.53. The van der Waals surface area contributed by atoms with E-state index in [1.807, 2.05) is 0 Å². The van der Waals surface area contributed by atoms with Gasteiger partial charge in [-0.3, -0.25) is 0 Å². The summed E-state index contributed by atoms with van der Waals surface area (Å²) in [6.45, 7) is 3.53. The van der Waals surface area contributed by atoms with Crippen molar-refractivity contribution in [2.24, 2.45) is 28.5 Å². The fourth-order valence-electron chi connectivity index (χ4n) is 1.97. The molecule has 0 saturated heterocycles. The van der Waals surface area contributed by atoms with Gasteiger partial charge < -0.3 is 0 Å². The van der Waals surface area contributed by atoms with Crippen molar-refractivity contribution in [2.75, 3.05) is 0 Å². The summed E-state index contributed by atoms with van der Waals surface area (Å²) in [6.07, 6.45) is -27.1. The molecule has 4 saturated carbocycles. The van der Waals surface area contributed by atoms with Crippen LogP contribution in [0, 0.1) is 28.5 Å². The lowest BCUT2D eigenvalue weighted by atomic mass is 9.47. The van der Waals surface area contributed by atoms with Crippen molar-refractivity contribution in [3.63, 3.8) is 0 Å². The molecule has 0 spiro atoms. The van der Waals surface area contributed by atoms with Crippen LogP contribution < -0.4 is 0 Å². The predicted octanol–water partition coefficient (Wildman–Crippen LogP) is 4.64. The van der Waals surface area contributed by atoms with Crippen LogP contribution in [0.25, 0.3) is 0 Å². The number of hydrogen-bond donors (Lipinski definition) is 0. The van der Waals surface area contributed by atoms with Crippen LogP contribution >= 0.6 is 0 Å². The van der Waals surface area contributed by atoms with Crippen molar-refractivity contribution in [1.82, 2.24) is 0 Å². The standard InChI is InChI=1S/C15H26/c1-14(2,3)10-15-7-11-4-12(8-15)6-13(5-11)9-15/h11-13H,4-10H2,1-3H3/i4D2,5D2,6D2,7D2,8D2,9D2,10D2,11D,12D,13D.